The minimum absolute atomic E-state index is 0.221. The summed E-state index contributed by atoms with van der Waals surface area (Å²) < 4.78 is 11.2. The first-order valence-electron chi connectivity index (χ1n) is 14.6. The maximum absolute atomic E-state index is 11.1. The van der Waals surface area contributed by atoms with Gasteiger partial charge >= 0.3 is 5.97 Å². The molecule has 1 aliphatic rings. The van der Waals surface area contributed by atoms with Crippen LogP contribution in [0, 0.1) is 16.7 Å². The maximum Gasteiger partial charge on any atom is 0.330 e. The van der Waals surface area contributed by atoms with Crippen LogP contribution in [0.1, 0.15) is 102 Å². The van der Waals surface area contributed by atoms with E-state index in [9.17, 15) is 10.1 Å². The van der Waals surface area contributed by atoms with Crippen LogP contribution in [0.2, 0.25) is 0 Å². The molecule has 204 valence electrons. The second kappa shape index (κ2) is 15.4. The van der Waals surface area contributed by atoms with Crippen LogP contribution in [-0.2, 0) is 9.53 Å². The molecule has 3 rings (SSSR count). The topological polar surface area (TPSA) is 59.3 Å². The number of nitriles is 1. The summed E-state index contributed by atoms with van der Waals surface area (Å²) in [7, 11) is 0. The highest BCUT2D eigenvalue weighted by Crippen LogP contribution is 2.46. The molecule has 3 atom stereocenters. The van der Waals surface area contributed by atoms with Gasteiger partial charge in [0.05, 0.1) is 24.2 Å². The average molecular weight is 516 g/mol. The highest BCUT2D eigenvalue weighted by Gasteiger charge is 2.36. The van der Waals surface area contributed by atoms with Crippen LogP contribution in [0.25, 0.3) is 11.1 Å². The zero-order chi connectivity index (χ0) is 27.2. The van der Waals surface area contributed by atoms with Crippen LogP contribution in [0.4, 0.5) is 0 Å². The number of rotatable bonds is 15. The normalized spacial score (nSPS) is 19.8. The molecule has 0 radical (unpaired) electrons. The van der Waals surface area contributed by atoms with E-state index < -0.39 is 0 Å². The van der Waals surface area contributed by atoms with Gasteiger partial charge < -0.3 is 9.47 Å². The van der Waals surface area contributed by atoms with Crippen molar-refractivity contribution in [1.82, 2.24) is 0 Å². The monoisotopic (exact) mass is 515 g/mol. The molecule has 0 heterocycles. The molecule has 4 heteroatoms. The predicted molar refractivity (Wildman–Crippen MR) is 155 cm³/mol. The molecule has 2 aromatic carbocycles. The molecule has 4 nitrogen and oxygen atoms in total. The van der Waals surface area contributed by atoms with E-state index in [1.54, 1.807) is 0 Å². The van der Waals surface area contributed by atoms with Gasteiger partial charge in [0.2, 0.25) is 0 Å². The van der Waals surface area contributed by atoms with Gasteiger partial charge in [-0.25, -0.2) is 4.79 Å². The Labute approximate surface area is 230 Å². The molecule has 0 amide bonds. The van der Waals surface area contributed by atoms with Gasteiger partial charge in [0.15, 0.2) is 0 Å². The predicted octanol–water partition coefficient (Wildman–Crippen LogP) is 9.16. The van der Waals surface area contributed by atoms with Crippen molar-refractivity contribution in [2.24, 2.45) is 5.41 Å². The number of hydrogen-bond acceptors (Lipinski definition) is 4. The van der Waals surface area contributed by atoms with Crippen molar-refractivity contribution in [2.45, 2.75) is 103 Å². The molecule has 1 fully saturated rings. The third-order valence-electron chi connectivity index (χ3n) is 7.98. The lowest BCUT2D eigenvalue weighted by Crippen LogP contribution is -2.26. The first kappa shape index (κ1) is 29.5. The standard InChI is InChI=1S/C34H45NO3/c1-4-12-31(5-2)38-32-20-18-28(19-21-32)27-14-16-29(17-15-27)30-13-11-23-34(25-30,26-35)22-9-7-8-10-24-37-33(36)6-3/h6,14-21,30-31H,3-5,7-13,22-25H2,1-2H3. The fraction of sp³-hybridized carbons (Fsp3) is 0.529. The van der Waals surface area contributed by atoms with Crippen molar-refractivity contribution < 1.29 is 14.3 Å². The Kier molecular flexibility index (Phi) is 11.9. The second-order valence-corrected chi connectivity index (χ2v) is 10.8. The van der Waals surface area contributed by atoms with Crippen LogP contribution >= 0.6 is 0 Å². The minimum atomic E-state index is -0.356. The van der Waals surface area contributed by atoms with Gasteiger partial charge in [0, 0.05) is 6.08 Å². The van der Waals surface area contributed by atoms with E-state index in [1.807, 2.05) is 0 Å². The van der Waals surface area contributed by atoms with Gasteiger partial charge in [-0.3, -0.25) is 0 Å². The van der Waals surface area contributed by atoms with Crippen molar-refractivity contribution in [3.8, 4) is 22.9 Å². The average Bonchev–Trinajstić information content (AvgIpc) is 2.97. The van der Waals surface area contributed by atoms with E-state index in [-0.39, 0.29) is 17.5 Å². The Morgan fingerprint density at radius 2 is 1.76 bits per heavy atom. The van der Waals surface area contributed by atoms with Crippen LogP contribution in [-0.4, -0.2) is 18.7 Å². The number of benzene rings is 2. The molecular weight excluding hydrogens is 470 g/mol. The van der Waals surface area contributed by atoms with Crippen molar-refractivity contribution in [3.05, 3.63) is 66.7 Å². The molecule has 3 unspecified atom stereocenters. The highest BCUT2D eigenvalue weighted by molar-refractivity contribution is 5.81. The molecule has 0 bridgehead atoms. The largest absolute Gasteiger partial charge is 0.490 e. The smallest absolute Gasteiger partial charge is 0.330 e. The van der Waals surface area contributed by atoms with Crippen molar-refractivity contribution in [3.63, 3.8) is 0 Å². The van der Waals surface area contributed by atoms with Gasteiger partial charge in [-0.15, -0.1) is 0 Å². The summed E-state index contributed by atoms with van der Waals surface area (Å²) in [6.45, 7) is 8.24. The number of unbranched alkanes of at least 4 members (excludes halogenated alkanes) is 3. The number of nitrogens with zero attached hydrogens (tertiary/aromatic N) is 1. The summed E-state index contributed by atoms with van der Waals surface area (Å²) in [6.07, 6.45) is 13.9. The molecule has 0 aromatic heterocycles. The molecule has 0 aliphatic heterocycles. The summed E-state index contributed by atoms with van der Waals surface area (Å²) in [5.74, 6) is 1.03. The van der Waals surface area contributed by atoms with Crippen LogP contribution in [0.15, 0.2) is 61.2 Å². The Morgan fingerprint density at radius 1 is 1.08 bits per heavy atom. The molecule has 38 heavy (non-hydrogen) atoms. The van der Waals surface area contributed by atoms with Crippen molar-refractivity contribution in [1.29, 1.82) is 5.26 Å². The summed E-state index contributed by atoms with van der Waals surface area (Å²) in [5.41, 5.74) is 3.53. The molecule has 0 saturated heterocycles. The Morgan fingerprint density at radius 3 is 2.39 bits per heavy atom. The maximum atomic E-state index is 11.1. The van der Waals surface area contributed by atoms with Crippen molar-refractivity contribution in [2.75, 3.05) is 6.61 Å². The van der Waals surface area contributed by atoms with Gasteiger partial charge in [-0.05, 0) is 79.7 Å². The minimum Gasteiger partial charge on any atom is -0.490 e. The molecule has 0 N–H and O–H groups in total. The lowest BCUT2D eigenvalue weighted by Gasteiger charge is -2.36. The first-order valence-corrected chi connectivity index (χ1v) is 14.6. The Balaban J connectivity index is 1.52. The van der Waals surface area contributed by atoms with Crippen LogP contribution in [0.3, 0.4) is 0 Å². The third kappa shape index (κ3) is 8.76. The summed E-state index contributed by atoms with van der Waals surface area (Å²) >= 11 is 0. The second-order valence-electron chi connectivity index (χ2n) is 10.8. The van der Waals surface area contributed by atoms with E-state index in [4.69, 9.17) is 9.47 Å². The SMILES string of the molecule is C=CC(=O)OCCCCCCC1(C#N)CCCC(c2ccc(-c3ccc(OC(CC)CCC)cc3)cc2)C1. The third-order valence-corrected chi connectivity index (χ3v) is 7.98. The van der Waals surface area contributed by atoms with Gasteiger partial charge in [0.1, 0.15) is 5.75 Å². The van der Waals surface area contributed by atoms with Crippen LogP contribution in [0.5, 0.6) is 5.75 Å². The van der Waals surface area contributed by atoms with Gasteiger partial charge in [-0.1, -0.05) is 88.9 Å². The number of hydrogen-bond donors (Lipinski definition) is 0. The summed E-state index contributed by atoms with van der Waals surface area (Å²) in [5, 5.41) is 10.1. The molecule has 2 aromatic rings. The first-order chi connectivity index (χ1) is 18.5. The van der Waals surface area contributed by atoms with E-state index in [2.05, 4.69) is 75.0 Å². The number of carbonyl (C=O) groups is 1. The Bertz CT molecular complexity index is 1040. The van der Waals surface area contributed by atoms with Gasteiger partial charge in [0.25, 0.3) is 0 Å². The lowest BCUT2D eigenvalue weighted by molar-refractivity contribution is -0.137. The number of carbonyl (C=O) groups excluding carboxylic acids is 1. The molecular formula is C34H45NO3. The number of ether oxygens (including phenoxy) is 2. The van der Waals surface area contributed by atoms with E-state index >= 15 is 0 Å². The van der Waals surface area contributed by atoms with Crippen molar-refractivity contribution >= 4 is 5.97 Å². The van der Waals surface area contributed by atoms with E-state index in [0.29, 0.717) is 12.5 Å². The quantitative estimate of drug-likeness (QED) is 0.135. The highest BCUT2D eigenvalue weighted by atomic mass is 16.5. The summed E-state index contributed by atoms with van der Waals surface area (Å²) in [4.78, 5) is 11.1. The lowest BCUT2D eigenvalue weighted by atomic mass is 9.66. The van der Waals surface area contributed by atoms with Crippen LogP contribution < -0.4 is 4.74 Å². The molecule has 1 aliphatic carbocycles. The zero-order valence-electron chi connectivity index (χ0n) is 23.4. The van der Waals surface area contributed by atoms with E-state index in [1.165, 1.54) is 22.8 Å². The molecule has 1 saturated carbocycles. The Hall–Kier alpha value is -3.06. The zero-order valence-corrected chi connectivity index (χ0v) is 23.4. The number of esters is 1. The summed E-state index contributed by atoms with van der Waals surface area (Å²) in [6, 6.07) is 20.1. The fourth-order valence-corrected chi connectivity index (χ4v) is 5.72. The van der Waals surface area contributed by atoms with Gasteiger partial charge in [-0.2, -0.15) is 5.26 Å². The fourth-order valence-electron chi connectivity index (χ4n) is 5.72. The molecule has 0 spiro atoms. The van der Waals surface area contributed by atoms with E-state index in [0.717, 1.165) is 82.8 Å².